The van der Waals surface area contributed by atoms with Crippen molar-refractivity contribution in [1.29, 1.82) is 0 Å². The van der Waals surface area contributed by atoms with Crippen LogP contribution in [0, 0.1) is 0 Å². The number of aliphatic hydroxyl groups excluding tert-OH is 1. The lowest BCUT2D eigenvalue weighted by Gasteiger charge is -2.35. The Morgan fingerprint density at radius 1 is 1.15 bits per heavy atom. The van der Waals surface area contributed by atoms with E-state index in [9.17, 15) is 14.7 Å². The predicted octanol–water partition coefficient (Wildman–Crippen LogP) is 1.35. The van der Waals surface area contributed by atoms with Crippen molar-refractivity contribution in [2.45, 2.75) is 57.3 Å². The van der Waals surface area contributed by atoms with Crippen LogP contribution in [0.3, 0.4) is 0 Å². The van der Waals surface area contributed by atoms with Gasteiger partial charge >= 0.3 is 6.03 Å². The molecule has 0 spiro atoms. The Hall–Kier alpha value is -2.12. The molecule has 0 saturated carbocycles. The first kappa shape index (κ1) is 21.2. The van der Waals surface area contributed by atoms with E-state index in [1.807, 2.05) is 37.3 Å². The average Bonchev–Trinajstić information content (AvgIpc) is 2.68. The van der Waals surface area contributed by atoms with Gasteiger partial charge in [-0.25, -0.2) is 4.79 Å². The van der Waals surface area contributed by atoms with Gasteiger partial charge in [-0.1, -0.05) is 37.3 Å². The number of aliphatic hydroxyl groups is 1. The highest BCUT2D eigenvalue weighted by molar-refractivity contribution is 5.76. The summed E-state index contributed by atoms with van der Waals surface area (Å²) >= 11 is 0. The van der Waals surface area contributed by atoms with Gasteiger partial charge in [-0.3, -0.25) is 4.79 Å². The molecule has 3 amide bonds. The van der Waals surface area contributed by atoms with Gasteiger partial charge in [0.15, 0.2) is 0 Å². The van der Waals surface area contributed by atoms with Crippen LogP contribution in [0.1, 0.15) is 38.2 Å². The molecule has 4 N–H and O–H groups in total. The fourth-order valence-corrected chi connectivity index (χ4v) is 3.17. The van der Waals surface area contributed by atoms with Gasteiger partial charge in [-0.05, 0) is 31.2 Å². The summed E-state index contributed by atoms with van der Waals surface area (Å²) in [6.07, 6.45) is 2.52. The van der Waals surface area contributed by atoms with E-state index in [-0.39, 0.29) is 37.1 Å². The van der Waals surface area contributed by atoms with E-state index in [4.69, 9.17) is 4.74 Å². The van der Waals surface area contributed by atoms with Crippen LogP contribution in [0.15, 0.2) is 30.3 Å². The number of ether oxygens (including phenoxy) is 1. The van der Waals surface area contributed by atoms with Gasteiger partial charge in [0.05, 0.1) is 25.2 Å². The third-order valence-corrected chi connectivity index (χ3v) is 4.64. The number of nitrogens with one attached hydrogen (secondary N) is 3. The van der Waals surface area contributed by atoms with Crippen molar-refractivity contribution in [1.82, 2.24) is 16.0 Å². The Bertz CT molecular complexity index is 582. The maximum absolute atomic E-state index is 12.1. The van der Waals surface area contributed by atoms with E-state index in [0.717, 1.165) is 12.8 Å². The highest BCUT2D eigenvalue weighted by Crippen LogP contribution is 2.21. The summed E-state index contributed by atoms with van der Waals surface area (Å²) in [5.41, 5.74) is 1.18. The highest BCUT2D eigenvalue weighted by atomic mass is 16.5. The lowest BCUT2D eigenvalue weighted by Crippen LogP contribution is -2.53. The van der Waals surface area contributed by atoms with Gasteiger partial charge in [0, 0.05) is 13.1 Å². The van der Waals surface area contributed by atoms with E-state index >= 15 is 0 Å². The smallest absolute Gasteiger partial charge is 0.315 e. The van der Waals surface area contributed by atoms with Crippen LogP contribution >= 0.6 is 0 Å². The van der Waals surface area contributed by atoms with Crippen molar-refractivity contribution in [2.24, 2.45) is 0 Å². The van der Waals surface area contributed by atoms with Crippen LogP contribution in [-0.2, 0) is 16.0 Å². The molecule has 27 heavy (non-hydrogen) atoms. The lowest BCUT2D eigenvalue weighted by atomic mass is 9.97. The minimum atomic E-state index is -0.492. The Labute approximate surface area is 160 Å². The molecule has 0 radical (unpaired) electrons. The van der Waals surface area contributed by atoms with E-state index in [2.05, 4.69) is 16.0 Å². The standard InChI is InChI=1S/C20H31N3O4/c1-2-11-22-20(26)23-17-9-8-16(27-18(17)14-24)13-19(25)21-12-10-15-6-4-3-5-7-15/h3-7,16-18,24H,2,8-14H2,1H3,(H,21,25)(H2,22,23,26)/t16-,17+,18+/m1/s1. The SMILES string of the molecule is CCCNC(=O)N[C@H]1CC[C@H](CC(=O)NCCc2ccccc2)O[C@H]1CO. The average molecular weight is 377 g/mol. The van der Waals surface area contributed by atoms with Crippen molar-refractivity contribution in [2.75, 3.05) is 19.7 Å². The summed E-state index contributed by atoms with van der Waals surface area (Å²) in [5, 5.41) is 18.1. The highest BCUT2D eigenvalue weighted by Gasteiger charge is 2.32. The quantitative estimate of drug-likeness (QED) is 0.522. The van der Waals surface area contributed by atoms with Crippen LogP contribution in [0.25, 0.3) is 0 Å². The molecular formula is C20H31N3O4. The van der Waals surface area contributed by atoms with Crippen molar-refractivity contribution in [3.05, 3.63) is 35.9 Å². The summed E-state index contributed by atoms with van der Waals surface area (Å²) in [6.45, 7) is 2.98. The Morgan fingerprint density at radius 2 is 1.93 bits per heavy atom. The van der Waals surface area contributed by atoms with Crippen molar-refractivity contribution < 1.29 is 19.4 Å². The van der Waals surface area contributed by atoms with E-state index < -0.39 is 6.10 Å². The minimum absolute atomic E-state index is 0.0558. The molecule has 1 aromatic carbocycles. The predicted molar refractivity (Wildman–Crippen MR) is 103 cm³/mol. The zero-order valence-electron chi connectivity index (χ0n) is 15.9. The summed E-state index contributed by atoms with van der Waals surface area (Å²) in [5.74, 6) is -0.0558. The number of hydrogen-bond donors (Lipinski definition) is 4. The van der Waals surface area contributed by atoms with Crippen LogP contribution in [0.2, 0.25) is 0 Å². The van der Waals surface area contributed by atoms with Crippen molar-refractivity contribution >= 4 is 11.9 Å². The van der Waals surface area contributed by atoms with Gasteiger partial charge in [-0.2, -0.15) is 0 Å². The van der Waals surface area contributed by atoms with Crippen LogP contribution in [0.4, 0.5) is 4.79 Å². The topological polar surface area (TPSA) is 99.7 Å². The number of rotatable bonds is 9. The van der Waals surface area contributed by atoms with Gasteiger partial charge in [0.25, 0.3) is 0 Å². The van der Waals surface area contributed by atoms with E-state index in [1.165, 1.54) is 5.56 Å². The van der Waals surface area contributed by atoms with Gasteiger partial charge in [0.1, 0.15) is 6.10 Å². The minimum Gasteiger partial charge on any atom is -0.394 e. The molecule has 2 rings (SSSR count). The van der Waals surface area contributed by atoms with E-state index in [0.29, 0.717) is 25.9 Å². The fraction of sp³-hybridized carbons (Fsp3) is 0.600. The lowest BCUT2D eigenvalue weighted by molar-refractivity contribution is -0.130. The summed E-state index contributed by atoms with van der Waals surface area (Å²) < 4.78 is 5.84. The third kappa shape index (κ3) is 7.56. The van der Waals surface area contributed by atoms with E-state index in [1.54, 1.807) is 0 Å². The number of hydrogen-bond acceptors (Lipinski definition) is 4. The Kier molecular flexibility index (Phi) is 9.07. The maximum atomic E-state index is 12.1. The summed E-state index contributed by atoms with van der Waals surface area (Å²) in [4.78, 5) is 23.9. The van der Waals surface area contributed by atoms with Crippen LogP contribution in [-0.4, -0.2) is 55.0 Å². The molecule has 1 saturated heterocycles. The molecule has 0 bridgehead atoms. The molecule has 1 aromatic rings. The maximum Gasteiger partial charge on any atom is 0.315 e. The zero-order valence-corrected chi connectivity index (χ0v) is 15.9. The molecule has 3 atom stereocenters. The van der Waals surface area contributed by atoms with Gasteiger partial charge in [0.2, 0.25) is 5.91 Å². The second kappa shape index (κ2) is 11.6. The number of carbonyl (C=O) groups is 2. The molecule has 1 aliphatic rings. The molecule has 0 aromatic heterocycles. The first-order valence-electron chi connectivity index (χ1n) is 9.73. The van der Waals surface area contributed by atoms with Crippen LogP contribution in [0.5, 0.6) is 0 Å². The normalized spacial score (nSPS) is 22.1. The molecule has 7 heteroatoms. The van der Waals surface area contributed by atoms with Gasteiger partial charge in [-0.15, -0.1) is 0 Å². The van der Waals surface area contributed by atoms with Crippen LogP contribution < -0.4 is 16.0 Å². The Balaban J connectivity index is 1.70. The number of urea groups is 1. The first-order chi connectivity index (χ1) is 13.1. The summed E-state index contributed by atoms with van der Waals surface area (Å²) in [7, 11) is 0. The van der Waals surface area contributed by atoms with Crippen molar-refractivity contribution in [3.63, 3.8) is 0 Å². The largest absolute Gasteiger partial charge is 0.394 e. The number of carbonyl (C=O) groups excluding carboxylic acids is 2. The molecule has 1 fully saturated rings. The fourth-order valence-electron chi connectivity index (χ4n) is 3.17. The summed E-state index contributed by atoms with van der Waals surface area (Å²) in [6, 6.07) is 9.50. The first-order valence-corrected chi connectivity index (χ1v) is 9.73. The second-order valence-corrected chi connectivity index (χ2v) is 6.85. The second-order valence-electron chi connectivity index (χ2n) is 6.85. The Morgan fingerprint density at radius 3 is 2.63 bits per heavy atom. The van der Waals surface area contributed by atoms with Gasteiger partial charge < -0.3 is 25.8 Å². The molecule has 150 valence electrons. The molecular weight excluding hydrogens is 346 g/mol. The zero-order chi connectivity index (χ0) is 19.5. The molecule has 1 heterocycles. The molecule has 7 nitrogen and oxygen atoms in total. The number of benzene rings is 1. The number of amides is 3. The monoisotopic (exact) mass is 377 g/mol. The molecule has 0 unspecified atom stereocenters. The van der Waals surface area contributed by atoms with Crippen molar-refractivity contribution in [3.8, 4) is 0 Å². The third-order valence-electron chi connectivity index (χ3n) is 4.64. The molecule has 0 aliphatic carbocycles. The molecule has 1 aliphatic heterocycles.